The van der Waals surface area contributed by atoms with Gasteiger partial charge in [-0.3, -0.25) is 9.59 Å². The third-order valence-corrected chi connectivity index (χ3v) is 4.61. The maximum Gasteiger partial charge on any atom is 0.243 e. The molecule has 126 valence electrons. The van der Waals surface area contributed by atoms with Gasteiger partial charge in [-0.1, -0.05) is 51.8 Å². The highest BCUT2D eigenvalue weighted by Crippen LogP contribution is 2.23. The van der Waals surface area contributed by atoms with E-state index < -0.39 is 0 Å². The second kappa shape index (κ2) is 8.64. The average Bonchev–Trinajstić information content (AvgIpc) is 2.56. The summed E-state index contributed by atoms with van der Waals surface area (Å²) in [4.78, 5) is 23.8. The van der Waals surface area contributed by atoms with Gasteiger partial charge in [-0.05, 0) is 43.5 Å². The van der Waals surface area contributed by atoms with Crippen molar-refractivity contribution in [2.45, 2.75) is 26.7 Å². The summed E-state index contributed by atoms with van der Waals surface area (Å²) < 4.78 is 0.933. The quantitative estimate of drug-likeness (QED) is 0.791. The number of hydrogen-bond acceptors (Lipinski definition) is 2. The SMILES string of the molecule is Cc1ccc(CCC(=O)NCC(=O)Nc2cccc(Br)c2C)cc1. The first-order valence-electron chi connectivity index (χ1n) is 7.83. The molecule has 2 rings (SSSR count). The Morgan fingerprint density at radius 2 is 1.71 bits per heavy atom. The molecular formula is C19H21BrN2O2. The molecule has 0 saturated carbocycles. The van der Waals surface area contributed by atoms with E-state index in [4.69, 9.17) is 0 Å². The van der Waals surface area contributed by atoms with E-state index in [9.17, 15) is 9.59 Å². The van der Waals surface area contributed by atoms with Gasteiger partial charge in [0, 0.05) is 16.6 Å². The van der Waals surface area contributed by atoms with Crippen LogP contribution < -0.4 is 10.6 Å². The summed E-state index contributed by atoms with van der Waals surface area (Å²) in [5, 5.41) is 5.46. The van der Waals surface area contributed by atoms with Crippen molar-refractivity contribution in [1.82, 2.24) is 5.32 Å². The molecule has 5 heteroatoms. The Kier molecular flexibility index (Phi) is 6.55. The second-order valence-corrected chi connectivity index (χ2v) is 6.58. The summed E-state index contributed by atoms with van der Waals surface area (Å²) in [6.45, 7) is 3.92. The largest absolute Gasteiger partial charge is 0.347 e. The summed E-state index contributed by atoms with van der Waals surface area (Å²) in [6.07, 6.45) is 1.03. The van der Waals surface area contributed by atoms with E-state index in [0.717, 1.165) is 21.3 Å². The van der Waals surface area contributed by atoms with E-state index in [0.29, 0.717) is 12.8 Å². The van der Waals surface area contributed by atoms with Crippen LogP contribution in [0.1, 0.15) is 23.1 Å². The van der Waals surface area contributed by atoms with E-state index in [-0.39, 0.29) is 18.4 Å². The van der Waals surface area contributed by atoms with Crippen molar-refractivity contribution < 1.29 is 9.59 Å². The highest BCUT2D eigenvalue weighted by atomic mass is 79.9. The molecule has 0 saturated heterocycles. The van der Waals surface area contributed by atoms with Gasteiger partial charge in [0.25, 0.3) is 0 Å². The first kappa shape index (κ1) is 18.2. The number of rotatable bonds is 6. The Labute approximate surface area is 150 Å². The van der Waals surface area contributed by atoms with Crippen molar-refractivity contribution in [3.63, 3.8) is 0 Å². The van der Waals surface area contributed by atoms with Gasteiger partial charge in [0.05, 0.1) is 6.54 Å². The first-order valence-corrected chi connectivity index (χ1v) is 8.62. The van der Waals surface area contributed by atoms with E-state index in [1.165, 1.54) is 5.56 Å². The van der Waals surface area contributed by atoms with Crippen LogP contribution in [-0.2, 0) is 16.0 Å². The average molecular weight is 389 g/mol. The molecule has 0 aliphatic rings. The third-order valence-electron chi connectivity index (χ3n) is 3.75. The first-order chi connectivity index (χ1) is 11.5. The Bertz CT molecular complexity index is 727. The van der Waals surface area contributed by atoms with Crippen LogP contribution in [0.5, 0.6) is 0 Å². The number of aryl methyl sites for hydroxylation is 2. The van der Waals surface area contributed by atoms with Crippen LogP contribution in [0.2, 0.25) is 0 Å². The van der Waals surface area contributed by atoms with E-state index in [1.807, 2.05) is 56.3 Å². The number of hydrogen-bond donors (Lipinski definition) is 2. The molecule has 2 aromatic rings. The molecule has 0 atom stereocenters. The van der Waals surface area contributed by atoms with E-state index in [2.05, 4.69) is 26.6 Å². The van der Waals surface area contributed by atoms with Crippen molar-refractivity contribution >= 4 is 33.4 Å². The topological polar surface area (TPSA) is 58.2 Å². The predicted molar refractivity (Wildman–Crippen MR) is 100 cm³/mol. The molecule has 2 N–H and O–H groups in total. The number of anilines is 1. The zero-order chi connectivity index (χ0) is 17.5. The fraction of sp³-hybridized carbons (Fsp3) is 0.263. The molecule has 0 aliphatic heterocycles. The van der Waals surface area contributed by atoms with E-state index in [1.54, 1.807) is 0 Å². The van der Waals surface area contributed by atoms with Crippen LogP contribution in [0, 0.1) is 13.8 Å². The van der Waals surface area contributed by atoms with Gasteiger partial charge in [0.1, 0.15) is 0 Å². The molecule has 2 aromatic carbocycles. The summed E-state index contributed by atoms with van der Waals surface area (Å²) in [7, 11) is 0. The van der Waals surface area contributed by atoms with Crippen molar-refractivity contribution in [2.75, 3.05) is 11.9 Å². The summed E-state index contributed by atoms with van der Waals surface area (Å²) in [6, 6.07) is 13.7. The molecule has 0 unspecified atom stereocenters. The fourth-order valence-corrected chi connectivity index (χ4v) is 2.58. The van der Waals surface area contributed by atoms with Gasteiger partial charge in [-0.15, -0.1) is 0 Å². The third kappa shape index (κ3) is 5.49. The summed E-state index contributed by atoms with van der Waals surface area (Å²) in [5.74, 6) is -0.364. The van der Waals surface area contributed by atoms with Crippen LogP contribution >= 0.6 is 15.9 Å². The smallest absolute Gasteiger partial charge is 0.243 e. The molecule has 0 heterocycles. The van der Waals surface area contributed by atoms with Gasteiger partial charge in [-0.25, -0.2) is 0 Å². The Balaban J connectivity index is 1.75. The molecule has 0 spiro atoms. The molecule has 0 aromatic heterocycles. The Morgan fingerprint density at radius 3 is 2.42 bits per heavy atom. The minimum absolute atomic E-state index is 0.0291. The lowest BCUT2D eigenvalue weighted by molar-refractivity contribution is -0.124. The molecule has 24 heavy (non-hydrogen) atoms. The predicted octanol–water partition coefficient (Wildman–Crippen LogP) is 3.75. The number of carbonyl (C=O) groups is 2. The summed E-state index contributed by atoms with van der Waals surface area (Å²) >= 11 is 3.42. The van der Waals surface area contributed by atoms with Gasteiger partial charge >= 0.3 is 0 Å². The zero-order valence-electron chi connectivity index (χ0n) is 13.9. The zero-order valence-corrected chi connectivity index (χ0v) is 15.4. The van der Waals surface area contributed by atoms with Crippen LogP contribution in [0.4, 0.5) is 5.69 Å². The van der Waals surface area contributed by atoms with Gasteiger partial charge in [0.15, 0.2) is 0 Å². The molecular weight excluding hydrogens is 368 g/mol. The van der Waals surface area contributed by atoms with Crippen LogP contribution in [0.15, 0.2) is 46.9 Å². The molecule has 2 amide bonds. The standard InChI is InChI=1S/C19H21BrN2O2/c1-13-6-8-15(9-7-13)10-11-18(23)21-12-19(24)22-17-5-3-4-16(20)14(17)2/h3-9H,10-12H2,1-2H3,(H,21,23)(H,22,24). The normalized spacial score (nSPS) is 10.3. The van der Waals surface area contributed by atoms with Crippen molar-refractivity contribution in [3.05, 3.63) is 63.6 Å². The molecule has 4 nitrogen and oxygen atoms in total. The number of nitrogens with one attached hydrogen (secondary N) is 2. The van der Waals surface area contributed by atoms with Crippen LogP contribution in [0.25, 0.3) is 0 Å². The lowest BCUT2D eigenvalue weighted by Gasteiger charge is -2.10. The minimum atomic E-state index is -0.236. The number of carbonyl (C=O) groups excluding carboxylic acids is 2. The maximum atomic E-state index is 12.0. The lowest BCUT2D eigenvalue weighted by Crippen LogP contribution is -2.33. The fourth-order valence-electron chi connectivity index (χ4n) is 2.22. The second-order valence-electron chi connectivity index (χ2n) is 5.72. The van der Waals surface area contributed by atoms with Crippen molar-refractivity contribution in [2.24, 2.45) is 0 Å². The van der Waals surface area contributed by atoms with Crippen molar-refractivity contribution in [1.29, 1.82) is 0 Å². The Hall–Kier alpha value is -2.14. The highest BCUT2D eigenvalue weighted by molar-refractivity contribution is 9.10. The van der Waals surface area contributed by atoms with Gasteiger partial charge in [-0.2, -0.15) is 0 Å². The number of benzene rings is 2. The summed E-state index contributed by atoms with van der Waals surface area (Å²) in [5.41, 5.74) is 4.01. The monoisotopic (exact) mass is 388 g/mol. The Morgan fingerprint density at radius 1 is 1.00 bits per heavy atom. The van der Waals surface area contributed by atoms with Crippen LogP contribution in [0.3, 0.4) is 0 Å². The highest BCUT2D eigenvalue weighted by Gasteiger charge is 2.08. The molecule has 0 bridgehead atoms. The van der Waals surface area contributed by atoms with Crippen molar-refractivity contribution in [3.8, 4) is 0 Å². The lowest BCUT2D eigenvalue weighted by atomic mass is 10.1. The van der Waals surface area contributed by atoms with E-state index >= 15 is 0 Å². The number of halogens is 1. The van der Waals surface area contributed by atoms with Gasteiger partial charge < -0.3 is 10.6 Å². The van der Waals surface area contributed by atoms with Crippen LogP contribution in [-0.4, -0.2) is 18.4 Å². The molecule has 0 aliphatic carbocycles. The molecule has 0 radical (unpaired) electrons. The maximum absolute atomic E-state index is 12.0. The van der Waals surface area contributed by atoms with Gasteiger partial charge in [0.2, 0.25) is 11.8 Å². The number of amides is 2. The minimum Gasteiger partial charge on any atom is -0.347 e. The molecule has 0 fully saturated rings.